The standard InChI is InChI=1S/C10H18N6O3.HI/c1-8(7-19-2)14-10(11)12-3-4-15-6-9(5-13-15)16(17)18;/h5-6,8H,3-4,7H2,1-2H3,(H3,11,12,14);1H. The monoisotopic (exact) mass is 398 g/mol. The number of nitro groups is 1. The third-order valence-corrected chi connectivity index (χ3v) is 2.25. The van der Waals surface area contributed by atoms with E-state index in [9.17, 15) is 10.1 Å². The van der Waals surface area contributed by atoms with Gasteiger partial charge >= 0.3 is 5.69 Å². The molecular weight excluding hydrogens is 379 g/mol. The minimum absolute atomic E-state index is 0. The molecule has 0 aliphatic carbocycles. The van der Waals surface area contributed by atoms with Gasteiger partial charge < -0.3 is 15.8 Å². The first-order chi connectivity index (χ1) is 9.02. The number of rotatable bonds is 7. The molecule has 0 bridgehead atoms. The van der Waals surface area contributed by atoms with E-state index in [4.69, 9.17) is 10.5 Å². The van der Waals surface area contributed by atoms with Crippen molar-refractivity contribution in [2.45, 2.75) is 19.5 Å². The van der Waals surface area contributed by atoms with Crippen molar-refractivity contribution in [1.82, 2.24) is 15.1 Å². The van der Waals surface area contributed by atoms with Gasteiger partial charge in [-0.2, -0.15) is 5.10 Å². The normalized spacial score (nSPS) is 12.6. The lowest BCUT2D eigenvalue weighted by Crippen LogP contribution is -2.40. The highest BCUT2D eigenvalue weighted by Gasteiger charge is 2.08. The van der Waals surface area contributed by atoms with Crippen LogP contribution < -0.4 is 11.1 Å². The van der Waals surface area contributed by atoms with E-state index in [1.54, 1.807) is 7.11 Å². The van der Waals surface area contributed by atoms with Gasteiger partial charge in [0.25, 0.3) is 0 Å². The van der Waals surface area contributed by atoms with Crippen LogP contribution in [0.3, 0.4) is 0 Å². The minimum atomic E-state index is -0.491. The molecule has 1 rings (SSSR count). The number of methoxy groups -OCH3 is 1. The zero-order valence-corrected chi connectivity index (χ0v) is 13.7. The summed E-state index contributed by atoms with van der Waals surface area (Å²) in [4.78, 5) is 14.1. The number of aromatic nitrogens is 2. The molecule has 114 valence electrons. The third kappa shape index (κ3) is 6.65. The molecular formula is C10H19IN6O3. The summed E-state index contributed by atoms with van der Waals surface area (Å²) in [6.45, 7) is 3.26. The van der Waals surface area contributed by atoms with E-state index in [0.29, 0.717) is 25.7 Å². The molecule has 1 heterocycles. The smallest absolute Gasteiger partial charge is 0.306 e. The molecule has 1 atom stereocenters. The second-order valence-corrected chi connectivity index (χ2v) is 3.99. The Labute approximate surface area is 133 Å². The summed E-state index contributed by atoms with van der Waals surface area (Å²) in [5.41, 5.74) is 5.63. The summed E-state index contributed by atoms with van der Waals surface area (Å²) in [5.74, 6) is 0.311. The van der Waals surface area contributed by atoms with Crippen molar-refractivity contribution in [1.29, 1.82) is 0 Å². The van der Waals surface area contributed by atoms with Gasteiger partial charge in [-0.15, -0.1) is 24.0 Å². The molecule has 0 amide bonds. The number of nitrogens with zero attached hydrogens (tertiary/aromatic N) is 4. The van der Waals surface area contributed by atoms with Gasteiger partial charge in [-0.1, -0.05) is 0 Å². The lowest BCUT2D eigenvalue weighted by Gasteiger charge is -2.12. The molecule has 1 aromatic rings. The van der Waals surface area contributed by atoms with Gasteiger partial charge in [-0.05, 0) is 6.92 Å². The van der Waals surface area contributed by atoms with Crippen molar-refractivity contribution in [3.05, 3.63) is 22.5 Å². The summed E-state index contributed by atoms with van der Waals surface area (Å²) in [7, 11) is 1.61. The van der Waals surface area contributed by atoms with Crippen LogP contribution in [0.2, 0.25) is 0 Å². The largest absolute Gasteiger partial charge is 0.383 e. The van der Waals surface area contributed by atoms with Crippen LogP contribution in [0.1, 0.15) is 6.92 Å². The topological polar surface area (TPSA) is 121 Å². The van der Waals surface area contributed by atoms with Crippen molar-refractivity contribution in [2.75, 3.05) is 20.3 Å². The average Bonchev–Trinajstić information content (AvgIpc) is 2.78. The van der Waals surface area contributed by atoms with Crippen LogP contribution in [0.25, 0.3) is 0 Å². The van der Waals surface area contributed by atoms with Crippen molar-refractivity contribution in [3.63, 3.8) is 0 Å². The van der Waals surface area contributed by atoms with Gasteiger partial charge in [-0.25, -0.2) is 0 Å². The average molecular weight is 398 g/mol. The number of hydrogen-bond acceptors (Lipinski definition) is 5. The maximum Gasteiger partial charge on any atom is 0.306 e. The van der Waals surface area contributed by atoms with E-state index in [-0.39, 0.29) is 35.7 Å². The number of nitrogens with one attached hydrogen (secondary N) is 1. The van der Waals surface area contributed by atoms with E-state index in [1.807, 2.05) is 6.92 Å². The Morgan fingerprint density at radius 3 is 3.00 bits per heavy atom. The SMILES string of the molecule is COCC(C)NC(N)=NCCn1cc([N+](=O)[O-])cn1.I. The number of nitrogens with two attached hydrogens (primary N) is 1. The lowest BCUT2D eigenvalue weighted by molar-refractivity contribution is -0.385. The van der Waals surface area contributed by atoms with Crippen molar-refractivity contribution < 1.29 is 9.66 Å². The molecule has 0 saturated carbocycles. The number of hydrogen-bond donors (Lipinski definition) is 2. The van der Waals surface area contributed by atoms with Crippen LogP contribution in [0, 0.1) is 10.1 Å². The summed E-state index contributed by atoms with van der Waals surface area (Å²) in [6, 6.07) is 0.0690. The fraction of sp³-hybridized carbons (Fsp3) is 0.600. The van der Waals surface area contributed by atoms with Crippen LogP contribution in [-0.2, 0) is 11.3 Å². The highest BCUT2D eigenvalue weighted by Crippen LogP contribution is 2.07. The highest BCUT2D eigenvalue weighted by molar-refractivity contribution is 14.0. The third-order valence-electron chi connectivity index (χ3n) is 2.25. The predicted molar refractivity (Wildman–Crippen MR) is 85.3 cm³/mol. The molecule has 1 unspecified atom stereocenters. The fourth-order valence-corrected chi connectivity index (χ4v) is 1.43. The molecule has 9 nitrogen and oxygen atoms in total. The molecule has 0 aliphatic heterocycles. The molecule has 0 aromatic carbocycles. The summed E-state index contributed by atoms with van der Waals surface area (Å²) < 4.78 is 6.40. The van der Waals surface area contributed by atoms with E-state index in [2.05, 4.69) is 15.4 Å². The second kappa shape index (κ2) is 9.47. The van der Waals surface area contributed by atoms with Crippen LogP contribution >= 0.6 is 24.0 Å². The zero-order chi connectivity index (χ0) is 14.3. The van der Waals surface area contributed by atoms with Crippen LogP contribution in [0.15, 0.2) is 17.4 Å². The van der Waals surface area contributed by atoms with E-state index in [1.165, 1.54) is 17.1 Å². The zero-order valence-electron chi connectivity index (χ0n) is 11.4. The lowest BCUT2D eigenvalue weighted by atomic mass is 10.4. The molecule has 3 N–H and O–H groups in total. The van der Waals surface area contributed by atoms with Gasteiger partial charge in [0.1, 0.15) is 12.4 Å². The molecule has 10 heteroatoms. The predicted octanol–water partition coefficient (Wildman–Crippen LogP) is 0.349. The molecule has 0 saturated heterocycles. The second-order valence-electron chi connectivity index (χ2n) is 3.99. The molecule has 0 radical (unpaired) electrons. The van der Waals surface area contributed by atoms with Gasteiger partial charge in [0.2, 0.25) is 0 Å². The first kappa shape index (κ1) is 18.6. The summed E-state index contributed by atoms with van der Waals surface area (Å²) in [6.07, 6.45) is 2.55. The molecule has 20 heavy (non-hydrogen) atoms. The molecule has 0 aliphatic rings. The number of aliphatic imine (C=N–C) groups is 1. The molecule has 0 spiro atoms. The maximum absolute atomic E-state index is 10.5. The first-order valence-electron chi connectivity index (χ1n) is 5.75. The van der Waals surface area contributed by atoms with Gasteiger partial charge in [0, 0.05) is 13.2 Å². The first-order valence-corrected chi connectivity index (χ1v) is 5.75. The Morgan fingerprint density at radius 2 is 2.45 bits per heavy atom. The molecule has 0 fully saturated rings. The Balaban J connectivity index is 0.00000361. The van der Waals surface area contributed by atoms with Crippen molar-refractivity contribution in [2.24, 2.45) is 10.7 Å². The number of halogens is 1. The number of ether oxygens (including phenoxy) is 1. The van der Waals surface area contributed by atoms with E-state index >= 15 is 0 Å². The van der Waals surface area contributed by atoms with Gasteiger partial charge in [-0.3, -0.25) is 19.8 Å². The quantitative estimate of drug-likeness (QED) is 0.225. The van der Waals surface area contributed by atoms with E-state index in [0.717, 1.165) is 0 Å². The van der Waals surface area contributed by atoms with Crippen LogP contribution in [0.5, 0.6) is 0 Å². The van der Waals surface area contributed by atoms with Crippen LogP contribution in [0.4, 0.5) is 5.69 Å². The highest BCUT2D eigenvalue weighted by atomic mass is 127. The summed E-state index contributed by atoms with van der Waals surface area (Å²) in [5, 5.41) is 17.3. The van der Waals surface area contributed by atoms with Crippen LogP contribution in [-0.4, -0.2) is 47.0 Å². The van der Waals surface area contributed by atoms with Gasteiger partial charge in [0.05, 0.1) is 24.6 Å². The van der Waals surface area contributed by atoms with Crippen molar-refractivity contribution in [3.8, 4) is 0 Å². The summed E-state index contributed by atoms with van der Waals surface area (Å²) >= 11 is 0. The van der Waals surface area contributed by atoms with Crippen molar-refractivity contribution >= 4 is 35.6 Å². The maximum atomic E-state index is 10.5. The molecule has 1 aromatic heterocycles. The Hall–Kier alpha value is -1.43. The fourth-order valence-electron chi connectivity index (χ4n) is 1.43. The Kier molecular flexibility index (Phi) is 8.79. The van der Waals surface area contributed by atoms with E-state index < -0.39 is 4.92 Å². The Morgan fingerprint density at radius 1 is 1.75 bits per heavy atom. The minimum Gasteiger partial charge on any atom is -0.383 e. The Bertz CT molecular complexity index is 450. The van der Waals surface area contributed by atoms with Gasteiger partial charge in [0.15, 0.2) is 5.96 Å². The number of guanidine groups is 1.